The summed E-state index contributed by atoms with van der Waals surface area (Å²) in [5.74, 6) is 0.411. The van der Waals surface area contributed by atoms with Crippen LogP contribution in [0, 0.1) is 12.8 Å². The number of hydrogen-bond acceptors (Lipinski definition) is 4. The molecule has 1 amide bonds. The van der Waals surface area contributed by atoms with Crippen LogP contribution in [0.15, 0.2) is 16.3 Å². The molecule has 2 fully saturated rings. The highest BCUT2D eigenvalue weighted by Crippen LogP contribution is 2.31. The maximum atomic E-state index is 12.6. The zero-order chi connectivity index (χ0) is 15.0. The van der Waals surface area contributed by atoms with E-state index in [-0.39, 0.29) is 11.8 Å². The van der Waals surface area contributed by atoms with Crippen LogP contribution in [0.1, 0.15) is 24.1 Å². The molecule has 1 saturated carbocycles. The molecule has 7 heteroatoms. The van der Waals surface area contributed by atoms with Crippen molar-refractivity contribution in [3.63, 3.8) is 0 Å². The fourth-order valence-electron chi connectivity index (χ4n) is 2.62. The number of aryl methyl sites for hydroxylation is 1. The Bertz CT molecular complexity index is 634. The average Bonchev–Trinajstić information content (AvgIpc) is 3.23. The quantitative estimate of drug-likeness (QED) is 0.848. The van der Waals surface area contributed by atoms with E-state index in [0.717, 1.165) is 17.7 Å². The van der Waals surface area contributed by atoms with Gasteiger partial charge in [-0.15, -0.1) is 11.3 Å². The van der Waals surface area contributed by atoms with Crippen molar-refractivity contribution < 1.29 is 13.2 Å². The van der Waals surface area contributed by atoms with E-state index in [4.69, 9.17) is 0 Å². The van der Waals surface area contributed by atoms with Crippen LogP contribution in [0.25, 0.3) is 0 Å². The van der Waals surface area contributed by atoms with E-state index in [0.29, 0.717) is 36.8 Å². The number of rotatable bonds is 3. The number of thiophene rings is 1. The molecule has 0 unspecified atom stereocenters. The topological polar surface area (TPSA) is 57.7 Å². The summed E-state index contributed by atoms with van der Waals surface area (Å²) in [7, 11) is -3.40. The van der Waals surface area contributed by atoms with Gasteiger partial charge in [-0.1, -0.05) is 0 Å². The molecule has 1 aliphatic carbocycles. The molecule has 0 atom stereocenters. The molecule has 21 heavy (non-hydrogen) atoms. The van der Waals surface area contributed by atoms with Crippen LogP contribution >= 0.6 is 11.3 Å². The van der Waals surface area contributed by atoms with E-state index < -0.39 is 10.0 Å². The highest BCUT2D eigenvalue weighted by molar-refractivity contribution is 7.91. The van der Waals surface area contributed by atoms with Crippen LogP contribution in [0.3, 0.4) is 0 Å². The van der Waals surface area contributed by atoms with Gasteiger partial charge in [-0.25, -0.2) is 8.42 Å². The highest BCUT2D eigenvalue weighted by atomic mass is 32.2. The first-order valence-corrected chi connectivity index (χ1v) is 9.59. The molecule has 0 N–H and O–H groups in total. The summed E-state index contributed by atoms with van der Waals surface area (Å²) in [6.45, 7) is 3.98. The van der Waals surface area contributed by atoms with Gasteiger partial charge >= 0.3 is 0 Å². The maximum Gasteiger partial charge on any atom is 0.252 e. The van der Waals surface area contributed by atoms with Gasteiger partial charge in [0.05, 0.1) is 0 Å². The molecule has 1 aromatic heterocycles. The van der Waals surface area contributed by atoms with Gasteiger partial charge in [0.1, 0.15) is 4.21 Å². The third kappa shape index (κ3) is 3.14. The van der Waals surface area contributed by atoms with Gasteiger partial charge in [0.15, 0.2) is 0 Å². The van der Waals surface area contributed by atoms with Crippen molar-refractivity contribution in [1.29, 1.82) is 0 Å². The zero-order valence-electron chi connectivity index (χ0n) is 12.1. The average molecular weight is 328 g/mol. The molecule has 0 bridgehead atoms. The molecule has 2 aliphatic rings. The molecule has 2 heterocycles. The molecule has 1 aromatic rings. The first kappa shape index (κ1) is 15.0. The summed E-state index contributed by atoms with van der Waals surface area (Å²) in [5, 5.41) is 0. The Kier molecular flexibility index (Phi) is 4.07. The number of nitrogens with zero attached hydrogens (tertiary/aromatic N) is 2. The lowest BCUT2D eigenvalue weighted by molar-refractivity contribution is -0.132. The molecule has 116 valence electrons. The van der Waals surface area contributed by atoms with Gasteiger partial charge in [-0.05, 0) is 38.3 Å². The molecular formula is C14H20N2O3S2. The smallest absolute Gasteiger partial charge is 0.252 e. The monoisotopic (exact) mass is 328 g/mol. The predicted molar refractivity (Wildman–Crippen MR) is 81.7 cm³/mol. The molecular weight excluding hydrogens is 308 g/mol. The van der Waals surface area contributed by atoms with E-state index in [1.54, 1.807) is 6.07 Å². The van der Waals surface area contributed by atoms with E-state index in [9.17, 15) is 13.2 Å². The summed E-state index contributed by atoms with van der Waals surface area (Å²) in [4.78, 5) is 14.9. The standard InChI is InChI=1S/C14H20N2O3S2/c1-11-3-6-13(20-11)21(18,19)16-8-2-7-15(9-10-16)14(17)12-4-5-12/h3,6,12H,2,4-5,7-10H2,1H3. The van der Waals surface area contributed by atoms with E-state index in [2.05, 4.69) is 0 Å². The van der Waals surface area contributed by atoms with Gasteiger partial charge in [0, 0.05) is 37.0 Å². The van der Waals surface area contributed by atoms with Crippen molar-refractivity contribution in [2.75, 3.05) is 26.2 Å². The fraction of sp³-hybridized carbons (Fsp3) is 0.643. The summed E-state index contributed by atoms with van der Waals surface area (Å²) in [6, 6.07) is 3.51. The lowest BCUT2D eigenvalue weighted by Gasteiger charge is -2.21. The first-order valence-electron chi connectivity index (χ1n) is 7.34. The van der Waals surface area contributed by atoms with Crippen molar-refractivity contribution in [3.05, 3.63) is 17.0 Å². The Morgan fingerprint density at radius 1 is 1.19 bits per heavy atom. The number of amides is 1. The molecule has 1 saturated heterocycles. The van der Waals surface area contributed by atoms with Crippen molar-refractivity contribution in [1.82, 2.24) is 9.21 Å². The van der Waals surface area contributed by atoms with Crippen LogP contribution < -0.4 is 0 Å². The van der Waals surface area contributed by atoms with E-state index in [1.165, 1.54) is 15.6 Å². The minimum atomic E-state index is -3.40. The van der Waals surface area contributed by atoms with Gasteiger partial charge in [-0.2, -0.15) is 4.31 Å². The van der Waals surface area contributed by atoms with Crippen LogP contribution in [0.2, 0.25) is 0 Å². The largest absolute Gasteiger partial charge is 0.341 e. The SMILES string of the molecule is Cc1ccc(S(=O)(=O)N2CCCN(C(=O)C3CC3)CC2)s1. The Hall–Kier alpha value is -0.920. The Labute approximate surface area is 129 Å². The van der Waals surface area contributed by atoms with Crippen molar-refractivity contribution in [2.24, 2.45) is 5.92 Å². The summed E-state index contributed by atoms with van der Waals surface area (Å²) in [5.41, 5.74) is 0. The van der Waals surface area contributed by atoms with Crippen molar-refractivity contribution >= 4 is 27.3 Å². The van der Waals surface area contributed by atoms with Crippen molar-refractivity contribution in [3.8, 4) is 0 Å². The highest BCUT2D eigenvalue weighted by Gasteiger charge is 2.35. The molecule has 1 aliphatic heterocycles. The molecule has 3 rings (SSSR count). The molecule has 0 aromatic carbocycles. The number of sulfonamides is 1. The maximum absolute atomic E-state index is 12.6. The van der Waals surface area contributed by atoms with Gasteiger partial charge in [0.25, 0.3) is 10.0 Å². The summed E-state index contributed by atoms with van der Waals surface area (Å²) in [6.07, 6.45) is 2.69. The van der Waals surface area contributed by atoms with E-state index >= 15 is 0 Å². The number of carbonyl (C=O) groups is 1. The van der Waals surface area contributed by atoms with Crippen LogP contribution in [-0.2, 0) is 14.8 Å². The lowest BCUT2D eigenvalue weighted by Crippen LogP contribution is -2.37. The van der Waals surface area contributed by atoms with Gasteiger partial charge < -0.3 is 4.90 Å². The molecule has 5 nitrogen and oxygen atoms in total. The molecule has 0 radical (unpaired) electrons. The normalized spacial score (nSPS) is 21.3. The van der Waals surface area contributed by atoms with Crippen molar-refractivity contribution in [2.45, 2.75) is 30.4 Å². The zero-order valence-corrected chi connectivity index (χ0v) is 13.8. The number of carbonyl (C=O) groups excluding carboxylic acids is 1. The van der Waals surface area contributed by atoms with Crippen LogP contribution in [-0.4, -0.2) is 49.7 Å². The minimum absolute atomic E-state index is 0.202. The van der Waals surface area contributed by atoms with E-state index in [1.807, 2.05) is 17.9 Å². The Morgan fingerprint density at radius 2 is 1.95 bits per heavy atom. The lowest BCUT2D eigenvalue weighted by atomic mass is 10.3. The van der Waals surface area contributed by atoms with Gasteiger partial charge in [0.2, 0.25) is 5.91 Å². The van der Waals surface area contributed by atoms with Crippen LogP contribution in [0.4, 0.5) is 0 Å². The predicted octanol–water partition coefficient (Wildman–Crippen LogP) is 1.69. The van der Waals surface area contributed by atoms with Gasteiger partial charge in [-0.3, -0.25) is 4.79 Å². The summed E-state index contributed by atoms with van der Waals surface area (Å²) < 4.78 is 27.1. The fourth-order valence-corrected chi connectivity index (χ4v) is 5.53. The third-order valence-corrected chi connectivity index (χ3v) is 7.37. The Morgan fingerprint density at radius 3 is 2.57 bits per heavy atom. The first-order chi connectivity index (χ1) is 9.98. The summed E-state index contributed by atoms with van der Waals surface area (Å²) >= 11 is 1.31. The number of hydrogen-bond donors (Lipinski definition) is 0. The second kappa shape index (κ2) is 5.70. The second-order valence-corrected chi connectivity index (χ2v) is 9.17. The third-order valence-electron chi connectivity index (χ3n) is 4.00. The molecule has 0 spiro atoms. The minimum Gasteiger partial charge on any atom is -0.341 e. The van der Waals surface area contributed by atoms with Crippen LogP contribution in [0.5, 0.6) is 0 Å². The Balaban J connectivity index is 1.70. The second-order valence-electron chi connectivity index (χ2n) is 5.72.